The molecule has 0 aromatic heterocycles. The molecule has 0 fully saturated rings. The van der Waals surface area contributed by atoms with Gasteiger partial charge in [-0.15, -0.1) is 0 Å². The Morgan fingerprint density at radius 3 is 2.82 bits per heavy atom. The molecule has 3 N–H and O–H groups in total. The minimum absolute atomic E-state index is 0.454. The number of hydrogen-bond donors (Lipinski definition) is 2. The zero-order chi connectivity index (χ0) is 12.6. The Bertz CT molecular complexity index is 475. The van der Waals surface area contributed by atoms with Crippen LogP contribution in [-0.2, 0) is 4.79 Å². The molecule has 0 amide bonds. The van der Waals surface area contributed by atoms with E-state index < -0.39 is 12.0 Å². The molecule has 1 heterocycles. The minimum atomic E-state index is -1.08. The summed E-state index contributed by atoms with van der Waals surface area (Å²) in [5.41, 5.74) is 6.90. The van der Waals surface area contributed by atoms with E-state index in [9.17, 15) is 4.79 Å². The predicted octanol–water partition coefficient (Wildman–Crippen LogP) is 1.61. The molecule has 0 radical (unpaired) electrons. The first kappa shape index (κ1) is 12.2. The maximum absolute atomic E-state index is 10.9. The lowest BCUT2D eigenvalue weighted by Gasteiger charge is -2.23. The molecule has 1 unspecified atom stereocenters. The monoisotopic (exact) mass is 301 g/mol. The van der Waals surface area contributed by atoms with Crippen molar-refractivity contribution in [1.29, 1.82) is 0 Å². The van der Waals surface area contributed by atoms with Crippen molar-refractivity contribution >= 4 is 21.9 Å². The van der Waals surface area contributed by atoms with Crippen LogP contribution < -0.4 is 15.2 Å². The number of ether oxygens (including phenoxy) is 2. The molecule has 2 rings (SSSR count). The van der Waals surface area contributed by atoms with Gasteiger partial charge in [0, 0.05) is 10.0 Å². The lowest BCUT2D eigenvalue weighted by atomic mass is 10.0. The molecule has 1 aliphatic rings. The third-order valence-corrected chi connectivity index (χ3v) is 3.67. The van der Waals surface area contributed by atoms with Gasteiger partial charge in [-0.05, 0) is 18.6 Å². The number of rotatable bonds is 2. The predicted molar refractivity (Wildman–Crippen MR) is 64.4 cm³/mol. The second-order valence-electron chi connectivity index (χ2n) is 3.74. The standard InChI is InChI=1S/C11H12BrNO4/c1-5-8(12)6(9(13)11(14)15)4-7-10(5)17-3-2-16-7/h4,9H,2-3,13H2,1H3,(H,14,15). The van der Waals surface area contributed by atoms with Crippen LogP contribution in [0.1, 0.15) is 17.2 Å². The molecule has 1 aliphatic heterocycles. The number of carboxylic acids is 1. The first-order valence-electron chi connectivity index (χ1n) is 5.09. The number of halogens is 1. The minimum Gasteiger partial charge on any atom is -0.486 e. The third kappa shape index (κ3) is 2.10. The summed E-state index contributed by atoms with van der Waals surface area (Å²) in [6.07, 6.45) is 0. The first-order valence-corrected chi connectivity index (χ1v) is 5.88. The van der Waals surface area contributed by atoms with Crippen LogP contribution in [0.2, 0.25) is 0 Å². The quantitative estimate of drug-likeness (QED) is 0.867. The third-order valence-electron chi connectivity index (χ3n) is 2.62. The largest absolute Gasteiger partial charge is 0.486 e. The number of aliphatic carboxylic acids is 1. The Balaban J connectivity index is 2.55. The molecule has 1 aromatic carbocycles. The van der Waals surface area contributed by atoms with Crippen molar-refractivity contribution in [1.82, 2.24) is 0 Å². The maximum atomic E-state index is 10.9. The van der Waals surface area contributed by atoms with E-state index in [2.05, 4.69) is 15.9 Å². The van der Waals surface area contributed by atoms with E-state index >= 15 is 0 Å². The number of fused-ring (bicyclic) bond motifs is 1. The first-order chi connectivity index (χ1) is 8.02. The second-order valence-corrected chi connectivity index (χ2v) is 4.54. The van der Waals surface area contributed by atoms with Gasteiger partial charge in [0.25, 0.3) is 0 Å². The Hall–Kier alpha value is -1.27. The highest BCUT2D eigenvalue weighted by Crippen LogP contribution is 2.41. The van der Waals surface area contributed by atoms with Gasteiger partial charge < -0.3 is 20.3 Å². The molecule has 0 aliphatic carbocycles. The normalized spacial score (nSPS) is 15.5. The summed E-state index contributed by atoms with van der Waals surface area (Å²) in [5.74, 6) is 0.106. The molecular formula is C11H12BrNO4. The van der Waals surface area contributed by atoms with Crippen LogP contribution in [-0.4, -0.2) is 24.3 Å². The highest BCUT2D eigenvalue weighted by atomic mass is 79.9. The van der Waals surface area contributed by atoms with Gasteiger partial charge >= 0.3 is 5.97 Å². The fourth-order valence-corrected chi connectivity index (χ4v) is 2.25. The van der Waals surface area contributed by atoms with E-state index in [-0.39, 0.29) is 0 Å². The smallest absolute Gasteiger partial charge is 0.325 e. The number of hydrogen-bond acceptors (Lipinski definition) is 4. The average molecular weight is 302 g/mol. The summed E-state index contributed by atoms with van der Waals surface area (Å²) < 4.78 is 11.6. The zero-order valence-electron chi connectivity index (χ0n) is 9.20. The number of benzene rings is 1. The van der Waals surface area contributed by atoms with Gasteiger partial charge in [-0.2, -0.15) is 0 Å². The van der Waals surface area contributed by atoms with Gasteiger partial charge in [-0.25, -0.2) is 0 Å². The molecule has 6 heteroatoms. The number of nitrogens with two attached hydrogens (primary N) is 1. The van der Waals surface area contributed by atoms with E-state index in [1.165, 1.54) is 0 Å². The van der Waals surface area contributed by atoms with Crippen molar-refractivity contribution < 1.29 is 19.4 Å². The van der Waals surface area contributed by atoms with E-state index in [0.29, 0.717) is 34.7 Å². The molecule has 17 heavy (non-hydrogen) atoms. The van der Waals surface area contributed by atoms with Gasteiger partial charge in [0.05, 0.1) is 0 Å². The zero-order valence-corrected chi connectivity index (χ0v) is 10.8. The number of carbonyl (C=O) groups is 1. The maximum Gasteiger partial charge on any atom is 0.325 e. The van der Waals surface area contributed by atoms with Gasteiger partial charge in [-0.1, -0.05) is 15.9 Å². The van der Waals surface area contributed by atoms with Crippen molar-refractivity contribution in [3.8, 4) is 11.5 Å². The van der Waals surface area contributed by atoms with Crippen molar-refractivity contribution in [3.05, 3.63) is 21.7 Å². The molecule has 1 atom stereocenters. The van der Waals surface area contributed by atoms with Gasteiger partial charge in [0.15, 0.2) is 11.5 Å². The lowest BCUT2D eigenvalue weighted by molar-refractivity contribution is -0.138. The Labute approximate surface area is 107 Å². The molecule has 0 saturated carbocycles. The van der Waals surface area contributed by atoms with Gasteiger partial charge in [0.2, 0.25) is 0 Å². The number of carboxylic acid groups (broad SMARTS) is 1. The van der Waals surface area contributed by atoms with Crippen LogP contribution in [0.15, 0.2) is 10.5 Å². The van der Waals surface area contributed by atoms with E-state index in [1.807, 2.05) is 6.92 Å². The topological polar surface area (TPSA) is 81.8 Å². The van der Waals surface area contributed by atoms with E-state index in [1.54, 1.807) is 6.07 Å². The Morgan fingerprint density at radius 1 is 1.53 bits per heavy atom. The molecule has 0 spiro atoms. The van der Waals surface area contributed by atoms with Crippen LogP contribution in [0.25, 0.3) is 0 Å². The summed E-state index contributed by atoms with van der Waals surface area (Å²) in [5, 5.41) is 8.94. The van der Waals surface area contributed by atoms with Crippen LogP contribution in [0.5, 0.6) is 11.5 Å². The van der Waals surface area contributed by atoms with Crippen LogP contribution in [0, 0.1) is 6.92 Å². The van der Waals surface area contributed by atoms with Crippen LogP contribution in [0.3, 0.4) is 0 Å². The van der Waals surface area contributed by atoms with Gasteiger partial charge in [0.1, 0.15) is 19.3 Å². The summed E-state index contributed by atoms with van der Waals surface area (Å²) in [6, 6.07) is 0.531. The highest BCUT2D eigenvalue weighted by molar-refractivity contribution is 9.10. The highest BCUT2D eigenvalue weighted by Gasteiger charge is 2.24. The van der Waals surface area contributed by atoms with Crippen LogP contribution in [0.4, 0.5) is 0 Å². The fraction of sp³-hybridized carbons (Fsp3) is 0.364. The van der Waals surface area contributed by atoms with Crippen molar-refractivity contribution in [2.45, 2.75) is 13.0 Å². The molecule has 1 aromatic rings. The molecule has 92 valence electrons. The Morgan fingerprint density at radius 2 is 2.18 bits per heavy atom. The molecule has 0 bridgehead atoms. The summed E-state index contributed by atoms with van der Waals surface area (Å²) >= 11 is 3.35. The van der Waals surface area contributed by atoms with Gasteiger partial charge in [-0.3, -0.25) is 4.79 Å². The fourth-order valence-electron chi connectivity index (χ4n) is 1.71. The van der Waals surface area contributed by atoms with Crippen molar-refractivity contribution in [2.75, 3.05) is 13.2 Å². The van der Waals surface area contributed by atoms with Crippen molar-refractivity contribution in [3.63, 3.8) is 0 Å². The summed E-state index contributed by atoms with van der Waals surface area (Å²) in [7, 11) is 0. The van der Waals surface area contributed by atoms with Crippen LogP contribution >= 0.6 is 15.9 Å². The van der Waals surface area contributed by atoms with E-state index in [0.717, 1.165) is 5.56 Å². The van der Waals surface area contributed by atoms with Crippen molar-refractivity contribution in [2.24, 2.45) is 5.73 Å². The second kappa shape index (κ2) is 4.54. The molecule has 0 saturated heterocycles. The average Bonchev–Trinajstić information content (AvgIpc) is 2.33. The molecular weight excluding hydrogens is 290 g/mol. The molecule has 5 nitrogen and oxygen atoms in total. The summed E-state index contributed by atoms with van der Waals surface area (Å²) in [6.45, 7) is 2.77. The lowest BCUT2D eigenvalue weighted by Crippen LogP contribution is -2.23. The SMILES string of the molecule is Cc1c(Br)c(C(N)C(=O)O)cc2c1OCCO2. The van der Waals surface area contributed by atoms with E-state index in [4.69, 9.17) is 20.3 Å². The Kier molecular flexibility index (Phi) is 3.26. The summed E-state index contributed by atoms with van der Waals surface area (Å²) in [4.78, 5) is 10.9.